The number of aliphatic hydroxyl groups is 1. The lowest BCUT2D eigenvalue weighted by atomic mass is 9.72. The largest absolute Gasteiger partial charge is 0.390 e. The van der Waals surface area contributed by atoms with E-state index in [1.165, 1.54) is 25.7 Å². The summed E-state index contributed by atoms with van der Waals surface area (Å²) in [6, 6.07) is 7.59. The number of piperidine rings is 1. The van der Waals surface area contributed by atoms with Crippen molar-refractivity contribution in [3.05, 3.63) is 34.9 Å². The maximum atomic E-state index is 13.0. The summed E-state index contributed by atoms with van der Waals surface area (Å²) in [6.45, 7) is 8.71. The molecule has 1 amide bonds. The Hall–Kier alpha value is -1.14. The van der Waals surface area contributed by atoms with Crippen LogP contribution in [0.25, 0.3) is 0 Å². The molecule has 30 heavy (non-hydrogen) atoms. The quantitative estimate of drug-likeness (QED) is 0.612. The number of halogens is 1. The van der Waals surface area contributed by atoms with Crippen LogP contribution in [0, 0.1) is 11.8 Å². The Bertz CT molecular complexity index is 689. The molecule has 1 aromatic rings. The van der Waals surface area contributed by atoms with Crippen molar-refractivity contribution in [1.29, 1.82) is 0 Å². The molecule has 4 atom stereocenters. The van der Waals surface area contributed by atoms with Gasteiger partial charge in [0.05, 0.1) is 12.1 Å². The van der Waals surface area contributed by atoms with Gasteiger partial charge in [-0.1, -0.05) is 43.0 Å². The first-order chi connectivity index (χ1) is 14.2. The summed E-state index contributed by atoms with van der Waals surface area (Å²) in [4.78, 5) is 15.3. The molecule has 5 nitrogen and oxygen atoms in total. The molecule has 1 aliphatic heterocycles. The van der Waals surface area contributed by atoms with E-state index in [1.807, 2.05) is 45.0 Å². The Labute approximate surface area is 186 Å². The van der Waals surface area contributed by atoms with Crippen LogP contribution in [-0.4, -0.2) is 53.2 Å². The topological polar surface area (TPSA) is 64.6 Å². The van der Waals surface area contributed by atoms with E-state index in [2.05, 4.69) is 15.5 Å². The highest BCUT2D eigenvalue weighted by molar-refractivity contribution is 6.30. The van der Waals surface area contributed by atoms with Gasteiger partial charge in [-0.25, -0.2) is 0 Å². The second kappa shape index (κ2) is 10.4. The molecular formula is C24H38ClN3O2. The van der Waals surface area contributed by atoms with Crippen LogP contribution in [0.4, 0.5) is 0 Å². The molecule has 0 aromatic heterocycles. The van der Waals surface area contributed by atoms with Gasteiger partial charge in [0, 0.05) is 36.7 Å². The summed E-state index contributed by atoms with van der Waals surface area (Å²) < 4.78 is 0. The molecule has 2 fully saturated rings. The van der Waals surface area contributed by atoms with Crippen LogP contribution < -0.4 is 10.6 Å². The van der Waals surface area contributed by atoms with Gasteiger partial charge in [0.1, 0.15) is 0 Å². The highest BCUT2D eigenvalue weighted by atomic mass is 35.5. The number of nitrogens with one attached hydrogen (secondary N) is 2. The number of hydrogen-bond acceptors (Lipinski definition) is 4. The van der Waals surface area contributed by atoms with Crippen LogP contribution in [0.2, 0.25) is 5.02 Å². The van der Waals surface area contributed by atoms with Crippen LogP contribution in [0.15, 0.2) is 24.3 Å². The molecule has 0 spiro atoms. The molecule has 1 heterocycles. The predicted molar refractivity (Wildman–Crippen MR) is 122 cm³/mol. The van der Waals surface area contributed by atoms with E-state index in [0.717, 1.165) is 23.6 Å². The van der Waals surface area contributed by atoms with Crippen molar-refractivity contribution in [2.24, 2.45) is 11.8 Å². The SMILES string of the molecule is CC(C)(C)NC(=O)[C@@H]1C[C@@H]2CCCC[C@@H]2CN1C[C@H](O)CNCc1ccc(Cl)cc1. The van der Waals surface area contributed by atoms with Crippen LogP contribution in [0.3, 0.4) is 0 Å². The van der Waals surface area contributed by atoms with E-state index in [1.54, 1.807) is 0 Å². The van der Waals surface area contributed by atoms with Crippen molar-refractivity contribution in [1.82, 2.24) is 15.5 Å². The standard InChI is InChI=1S/C24H38ClN3O2/c1-24(2,3)27-23(30)22-12-18-6-4-5-7-19(18)15-28(22)16-21(29)14-26-13-17-8-10-20(25)11-9-17/h8-11,18-19,21-22,26,29H,4-7,12-16H2,1-3H3,(H,27,30)/t18-,19+,21+,22-/m0/s1. The molecule has 0 bridgehead atoms. The van der Waals surface area contributed by atoms with E-state index in [0.29, 0.717) is 31.5 Å². The summed E-state index contributed by atoms with van der Waals surface area (Å²) in [7, 11) is 0. The zero-order chi connectivity index (χ0) is 21.7. The third-order valence-electron chi connectivity index (χ3n) is 6.37. The number of rotatable bonds is 7. The number of fused-ring (bicyclic) bond motifs is 1. The Morgan fingerprint density at radius 1 is 1.20 bits per heavy atom. The minimum Gasteiger partial charge on any atom is -0.390 e. The number of hydrogen-bond donors (Lipinski definition) is 3. The number of aliphatic hydroxyl groups excluding tert-OH is 1. The number of amides is 1. The van der Waals surface area contributed by atoms with Crippen LogP contribution >= 0.6 is 11.6 Å². The van der Waals surface area contributed by atoms with Gasteiger partial charge in [-0.3, -0.25) is 9.69 Å². The lowest BCUT2D eigenvalue weighted by molar-refractivity contribution is -0.132. The molecule has 3 N–H and O–H groups in total. The first kappa shape index (κ1) is 23.5. The summed E-state index contributed by atoms with van der Waals surface area (Å²) >= 11 is 5.93. The lowest BCUT2D eigenvalue weighted by Gasteiger charge is -2.46. The van der Waals surface area contributed by atoms with Gasteiger partial charge < -0.3 is 15.7 Å². The Morgan fingerprint density at radius 3 is 2.53 bits per heavy atom. The maximum absolute atomic E-state index is 13.0. The second-order valence-electron chi connectivity index (χ2n) is 10.2. The van der Waals surface area contributed by atoms with Gasteiger partial charge in [-0.2, -0.15) is 0 Å². The monoisotopic (exact) mass is 435 g/mol. The van der Waals surface area contributed by atoms with Gasteiger partial charge in [0.15, 0.2) is 0 Å². The number of carbonyl (C=O) groups excluding carboxylic acids is 1. The average molecular weight is 436 g/mol. The third kappa shape index (κ3) is 6.94. The molecule has 1 saturated carbocycles. The molecule has 1 saturated heterocycles. The molecule has 0 radical (unpaired) electrons. The smallest absolute Gasteiger partial charge is 0.237 e. The highest BCUT2D eigenvalue weighted by Crippen LogP contribution is 2.38. The van der Waals surface area contributed by atoms with Crippen LogP contribution in [0.1, 0.15) is 58.4 Å². The van der Waals surface area contributed by atoms with Crippen LogP contribution in [-0.2, 0) is 11.3 Å². The van der Waals surface area contributed by atoms with Crippen molar-refractivity contribution in [3.63, 3.8) is 0 Å². The maximum Gasteiger partial charge on any atom is 0.237 e. The molecule has 0 unspecified atom stereocenters. The number of nitrogens with zero attached hydrogens (tertiary/aromatic N) is 1. The minimum atomic E-state index is -0.512. The van der Waals surface area contributed by atoms with Gasteiger partial charge in [-0.15, -0.1) is 0 Å². The van der Waals surface area contributed by atoms with E-state index in [4.69, 9.17) is 11.6 Å². The third-order valence-corrected chi connectivity index (χ3v) is 6.62. The van der Waals surface area contributed by atoms with Crippen molar-refractivity contribution >= 4 is 17.5 Å². The summed E-state index contributed by atoms with van der Waals surface area (Å²) in [5.74, 6) is 1.41. The Morgan fingerprint density at radius 2 is 1.87 bits per heavy atom. The van der Waals surface area contributed by atoms with Gasteiger partial charge in [0.25, 0.3) is 0 Å². The van der Waals surface area contributed by atoms with Gasteiger partial charge in [0.2, 0.25) is 5.91 Å². The fourth-order valence-corrected chi connectivity index (χ4v) is 5.07. The van der Waals surface area contributed by atoms with Crippen molar-refractivity contribution in [3.8, 4) is 0 Å². The zero-order valence-electron chi connectivity index (χ0n) is 18.7. The van der Waals surface area contributed by atoms with E-state index >= 15 is 0 Å². The number of benzene rings is 1. The molecule has 168 valence electrons. The molecule has 2 aliphatic rings. The first-order valence-corrected chi connectivity index (χ1v) is 11.8. The molecule has 3 rings (SSSR count). The zero-order valence-corrected chi connectivity index (χ0v) is 19.4. The molecule has 1 aromatic carbocycles. The molecule has 6 heteroatoms. The summed E-state index contributed by atoms with van der Waals surface area (Å²) in [5.41, 5.74) is 0.891. The number of carbonyl (C=O) groups is 1. The number of likely N-dealkylation sites (tertiary alicyclic amines) is 1. The number of β-amino-alcohol motifs (C(OH)–C–C–N with tert-alkyl or cyclic N) is 1. The lowest BCUT2D eigenvalue weighted by Crippen LogP contribution is -2.59. The van der Waals surface area contributed by atoms with Crippen molar-refractivity contribution in [2.75, 3.05) is 19.6 Å². The molecular weight excluding hydrogens is 398 g/mol. The van der Waals surface area contributed by atoms with Gasteiger partial charge >= 0.3 is 0 Å². The van der Waals surface area contributed by atoms with Crippen molar-refractivity contribution in [2.45, 2.75) is 77.1 Å². The van der Waals surface area contributed by atoms with Crippen molar-refractivity contribution < 1.29 is 9.90 Å². The normalized spacial score (nSPS) is 26.1. The predicted octanol–water partition coefficient (Wildman–Crippen LogP) is 3.59. The highest BCUT2D eigenvalue weighted by Gasteiger charge is 2.40. The van der Waals surface area contributed by atoms with E-state index in [-0.39, 0.29) is 17.5 Å². The first-order valence-electron chi connectivity index (χ1n) is 11.4. The molecule has 1 aliphatic carbocycles. The van der Waals surface area contributed by atoms with Crippen LogP contribution in [0.5, 0.6) is 0 Å². The van der Waals surface area contributed by atoms with E-state index < -0.39 is 6.10 Å². The second-order valence-corrected chi connectivity index (χ2v) is 10.6. The Kier molecular flexibility index (Phi) is 8.19. The summed E-state index contributed by atoms with van der Waals surface area (Å²) in [5, 5.41) is 17.9. The van der Waals surface area contributed by atoms with Gasteiger partial charge in [-0.05, 0) is 63.1 Å². The minimum absolute atomic E-state index is 0.104. The van der Waals surface area contributed by atoms with E-state index in [9.17, 15) is 9.90 Å². The summed E-state index contributed by atoms with van der Waals surface area (Å²) in [6.07, 6.45) is 5.47. The Balaban J connectivity index is 1.56. The fraction of sp³-hybridized carbons (Fsp3) is 0.708. The average Bonchev–Trinajstić information content (AvgIpc) is 2.67. The fourth-order valence-electron chi connectivity index (χ4n) is 4.95.